The summed E-state index contributed by atoms with van der Waals surface area (Å²) in [5.41, 5.74) is -0.115. The Morgan fingerprint density at radius 3 is 2.61 bits per heavy atom. The molecule has 0 bridgehead atoms. The minimum atomic E-state index is -3.95. The minimum absolute atomic E-state index is 0.115. The van der Waals surface area contributed by atoms with Crippen molar-refractivity contribution in [2.24, 2.45) is 5.14 Å². The van der Waals surface area contributed by atoms with Gasteiger partial charge >= 0.3 is 6.03 Å². The smallest absolute Gasteiger partial charge is 0.319 e. The second kappa shape index (κ2) is 5.78. The zero-order valence-corrected chi connectivity index (χ0v) is 10.6. The summed E-state index contributed by atoms with van der Waals surface area (Å²) < 4.78 is 35.4. The van der Waals surface area contributed by atoms with Gasteiger partial charge in [-0.15, -0.1) is 0 Å². The molecule has 0 aliphatic heterocycles. The van der Waals surface area contributed by atoms with Gasteiger partial charge in [-0.05, 0) is 24.6 Å². The first-order valence-electron chi connectivity index (χ1n) is 5.21. The molecule has 4 N–H and O–H groups in total. The number of hydrogen-bond donors (Lipinski definition) is 3. The number of hydrogen-bond acceptors (Lipinski definition) is 3. The number of urea groups is 1. The van der Waals surface area contributed by atoms with Crippen molar-refractivity contribution in [2.45, 2.75) is 18.2 Å². The minimum Gasteiger partial charge on any atom is -0.338 e. The van der Waals surface area contributed by atoms with E-state index >= 15 is 0 Å². The molecular formula is C10H14FN3O3S. The molecule has 0 unspecified atom stereocenters. The molecule has 6 nitrogen and oxygen atoms in total. The first-order valence-corrected chi connectivity index (χ1v) is 6.76. The molecule has 0 aliphatic carbocycles. The van der Waals surface area contributed by atoms with Crippen LogP contribution in [0.15, 0.2) is 23.1 Å². The third-order valence-corrected chi connectivity index (χ3v) is 2.96. The van der Waals surface area contributed by atoms with Gasteiger partial charge in [0.05, 0.1) is 10.6 Å². The largest absolute Gasteiger partial charge is 0.338 e. The van der Waals surface area contributed by atoms with Crippen LogP contribution in [-0.2, 0) is 10.0 Å². The van der Waals surface area contributed by atoms with Crippen molar-refractivity contribution in [3.8, 4) is 0 Å². The number of carbonyl (C=O) groups is 1. The molecule has 2 amide bonds. The second-order valence-corrected chi connectivity index (χ2v) is 5.13. The van der Waals surface area contributed by atoms with E-state index in [9.17, 15) is 17.6 Å². The maximum Gasteiger partial charge on any atom is 0.319 e. The molecule has 0 saturated heterocycles. The average molecular weight is 275 g/mol. The topological polar surface area (TPSA) is 101 Å². The summed E-state index contributed by atoms with van der Waals surface area (Å²) in [4.78, 5) is 10.9. The summed E-state index contributed by atoms with van der Waals surface area (Å²) >= 11 is 0. The highest BCUT2D eigenvalue weighted by atomic mass is 32.2. The van der Waals surface area contributed by atoms with Crippen molar-refractivity contribution in [3.05, 3.63) is 24.0 Å². The third-order valence-electron chi connectivity index (χ3n) is 2.05. The van der Waals surface area contributed by atoms with Crippen LogP contribution >= 0.6 is 0 Å². The molecule has 8 heteroatoms. The number of halogens is 1. The number of benzene rings is 1. The lowest BCUT2D eigenvalue weighted by Crippen LogP contribution is -2.29. The molecule has 1 rings (SSSR count). The van der Waals surface area contributed by atoms with Crippen LogP contribution in [0, 0.1) is 5.82 Å². The van der Waals surface area contributed by atoms with Gasteiger partial charge in [0.2, 0.25) is 10.0 Å². The van der Waals surface area contributed by atoms with Crippen molar-refractivity contribution in [1.29, 1.82) is 0 Å². The van der Waals surface area contributed by atoms with Crippen LogP contribution < -0.4 is 15.8 Å². The van der Waals surface area contributed by atoms with E-state index in [0.717, 1.165) is 24.6 Å². The molecule has 0 aliphatic rings. The Bertz CT molecular complexity index is 545. The summed E-state index contributed by atoms with van der Waals surface area (Å²) in [6, 6.07) is 2.46. The Kier molecular flexibility index (Phi) is 4.62. The average Bonchev–Trinajstić information content (AvgIpc) is 2.27. The van der Waals surface area contributed by atoms with Gasteiger partial charge in [-0.25, -0.2) is 22.7 Å². The van der Waals surface area contributed by atoms with Crippen molar-refractivity contribution in [3.63, 3.8) is 0 Å². The maximum absolute atomic E-state index is 13.5. The molecule has 0 aromatic heterocycles. The van der Waals surface area contributed by atoms with Crippen molar-refractivity contribution < 1.29 is 17.6 Å². The molecule has 0 atom stereocenters. The van der Waals surface area contributed by atoms with Crippen molar-refractivity contribution >= 4 is 21.7 Å². The van der Waals surface area contributed by atoms with Gasteiger partial charge in [0.25, 0.3) is 0 Å². The number of nitrogens with two attached hydrogens (primary N) is 1. The number of rotatable bonds is 4. The Morgan fingerprint density at radius 2 is 2.11 bits per heavy atom. The fourth-order valence-corrected chi connectivity index (χ4v) is 1.70. The number of carbonyl (C=O) groups excluding carboxylic acids is 1. The highest BCUT2D eigenvalue weighted by molar-refractivity contribution is 7.89. The first kappa shape index (κ1) is 14.4. The Morgan fingerprint density at radius 1 is 1.44 bits per heavy atom. The van der Waals surface area contributed by atoms with Gasteiger partial charge in [-0.3, -0.25) is 0 Å². The van der Waals surface area contributed by atoms with Gasteiger partial charge in [0.1, 0.15) is 5.82 Å². The number of sulfonamides is 1. The SMILES string of the molecule is CCCNC(=O)Nc1ccc(S(N)(=O)=O)cc1F. The quantitative estimate of drug-likeness (QED) is 0.764. The molecule has 0 fully saturated rings. The Balaban J connectivity index is 2.84. The van der Waals surface area contributed by atoms with Crippen LogP contribution in [0.3, 0.4) is 0 Å². The van der Waals surface area contributed by atoms with Gasteiger partial charge in [-0.1, -0.05) is 6.92 Å². The number of nitrogens with one attached hydrogen (secondary N) is 2. The van der Waals surface area contributed by atoms with Crippen LogP contribution in [0.5, 0.6) is 0 Å². The third kappa shape index (κ3) is 3.97. The molecule has 0 radical (unpaired) electrons. The molecule has 0 saturated carbocycles. The number of amides is 2. The highest BCUT2D eigenvalue weighted by Gasteiger charge is 2.12. The van der Waals surface area contributed by atoms with E-state index in [4.69, 9.17) is 5.14 Å². The molecular weight excluding hydrogens is 261 g/mol. The lowest BCUT2D eigenvalue weighted by atomic mass is 10.3. The normalized spacial score (nSPS) is 11.1. The van der Waals surface area contributed by atoms with Gasteiger partial charge in [-0.2, -0.15) is 0 Å². The summed E-state index contributed by atoms with van der Waals surface area (Å²) in [5.74, 6) is -0.867. The van der Waals surface area contributed by atoms with Gasteiger partial charge in [0.15, 0.2) is 0 Å². The van der Waals surface area contributed by atoms with Crippen LogP contribution in [0.2, 0.25) is 0 Å². The summed E-state index contributed by atoms with van der Waals surface area (Å²) in [6.45, 7) is 2.34. The van der Waals surface area contributed by atoms with E-state index in [2.05, 4.69) is 10.6 Å². The van der Waals surface area contributed by atoms with Gasteiger partial charge in [0, 0.05) is 6.54 Å². The Hall–Kier alpha value is -1.67. The zero-order valence-electron chi connectivity index (χ0n) is 9.73. The molecule has 1 aromatic rings. The van der Waals surface area contributed by atoms with Crippen LogP contribution in [0.25, 0.3) is 0 Å². The van der Waals surface area contributed by atoms with E-state index in [1.54, 1.807) is 0 Å². The summed E-state index contributed by atoms with van der Waals surface area (Å²) in [5, 5.41) is 9.60. The monoisotopic (exact) mass is 275 g/mol. The predicted octanol–water partition coefficient (Wildman–Crippen LogP) is 1.00. The van der Waals surface area contributed by atoms with Crippen LogP contribution in [-0.4, -0.2) is 21.0 Å². The molecule has 18 heavy (non-hydrogen) atoms. The fraction of sp³-hybridized carbons (Fsp3) is 0.300. The highest BCUT2D eigenvalue weighted by Crippen LogP contribution is 2.17. The van der Waals surface area contributed by atoms with E-state index in [1.165, 1.54) is 0 Å². The molecule has 0 heterocycles. The van der Waals surface area contributed by atoms with Crippen LogP contribution in [0.4, 0.5) is 14.9 Å². The molecule has 0 spiro atoms. The Labute approximate surface area is 104 Å². The summed E-state index contributed by atoms with van der Waals surface area (Å²) in [7, 11) is -3.95. The van der Waals surface area contributed by atoms with E-state index < -0.39 is 21.9 Å². The van der Waals surface area contributed by atoms with E-state index in [0.29, 0.717) is 6.54 Å². The molecule has 100 valence electrons. The van der Waals surface area contributed by atoms with Crippen molar-refractivity contribution in [1.82, 2.24) is 5.32 Å². The molecule has 1 aromatic carbocycles. The standard InChI is InChI=1S/C10H14FN3O3S/c1-2-5-13-10(15)14-9-4-3-7(6-8(9)11)18(12,16)17/h3-4,6H,2,5H2,1H3,(H2,12,16,17)(H2,13,14,15). The fourth-order valence-electron chi connectivity index (χ4n) is 1.18. The first-order chi connectivity index (χ1) is 8.34. The van der Waals surface area contributed by atoms with E-state index in [1.807, 2.05) is 6.92 Å². The zero-order chi connectivity index (χ0) is 13.8. The van der Waals surface area contributed by atoms with E-state index in [-0.39, 0.29) is 10.6 Å². The lowest BCUT2D eigenvalue weighted by Gasteiger charge is -2.08. The predicted molar refractivity (Wildman–Crippen MR) is 65.1 cm³/mol. The second-order valence-electron chi connectivity index (χ2n) is 3.57. The maximum atomic E-state index is 13.5. The number of anilines is 1. The number of primary sulfonamides is 1. The van der Waals surface area contributed by atoms with Crippen molar-refractivity contribution in [2.75, 3.05) is 11.9 Å². The van der Waals surface area contributed by atoms with Gasteiger partial charge < -0.3 is 10.6 Å². The summed E-state index contributed by atoms with van der Waals surface area (Å²) in [6.07, 6.45) is 0.750. The lowest BCUT2D eigenvalue weighted by molar-refractivity contribution is 0.252. The van der Waals surface area contributed by atoms with Crippen LogP contribution in [0.1, 0.15) is 13.3 Å².